The standard InChI is InChI=1S/C11H23NO3/c1-5-15-11(13)9-10(2)12(3)7-6-8-14-4/h10H,5-9H2,1-4H3. The second kappa shape index (κ2) is 8.68. The number of methoxy groups -OCH3 is 1. The van der Waals surface area contributed by atoms with Gasteiger partial charge in [-0.15, -0.1) is 0 Å². The van der Waals surface area contributed by atoms with Gasteiger partial charge in [0, 0.05) is 26.3 Å². The topological polar surface area (TPSA) is 38.8 Å². The molecule has 0 N–H and O–H groups in total. The first kappa shape index (κ1) is 14.4. The van der Waals surface area contributed by atoms with Gasteiger partial charge in [-0.1, -0.05) is 0 Å². The summed E-state index contributed by atoms with van der Waals surface area (Å²) in [5.41, 5.74) is 0. The molecule has 0 aromatic rings. The Morgan fingerprint density at radius 2 is 2.13 bits per heavy atom. The molecule has 0 aliphatic carbocycles. The second-order valence-electron chi connectivity index (χ2n) is 3.69. The highest BCUT2D eigenvalue weighted by Gasteiger charge is 2.13. The van der Waals surface area contributed by atoms with Gasteiger partial charge in [0.05, 0.1) is 13.0 Å². The zero-order chi connectivity index (χ0) is 11.7. The van der Waals surface area contributed by atoms with Crippen molar-refractivity contribution in [1.29, 1.82) is 0 Å². The van der Waals surface area contributed by atoms with E-state index in [0.29, 0.717) is 13.0 Å². The van der Waals surface area contributed by atoms with Crippen molar-refractivity contribution >= 4 is 5.97 Å². The fourth-order valence-corrected chi connectivity index (χ4v) is 1.30. The van der Waals surface area contributed by atoms with Crippen LogP contribution in [-0.2, 0) is 14.3 Å². The molecule has 15 heavy (non-hydrogen) atoms. The molecule has 0 heterocycles. The van der Waals surface area contributed by atoms with Gasteiger partial charge in [0.1, 0.15) is 0 Å². The largest absolute Gasteiger partial charge is 0.466 e. The summed E-state index contributed by atoms with van der Waals surface area (Å²) in [5.74, 6) is -0.122. The highest BCUT2D eigenvalue weighted by atomic mass is 16.5. The van der Waals surface area contributed by atoms with Crippen LogP contribution in [0, 0.1) is 0 Å². The maximum absolute atomic E-state index is 11.2. The summed E-state index contributed by atoms with van der Waals surface area (Å²) in [5, 5.41) is 0. The highest BCUT2D eigenvalue weighted by Crippen LogP contribution is 2.03. The zero-order valence-electron chi connectivity index (χ0n) is 10.3. The van der Waals surface area contributed by atoms with E-state index in [9.17, 15) is 4.79 Å². The van der Waals surface area contributed by atoms with E-state index in [0.717, 1.165) is 19.6 Å². The number of carbonyl (C=O) groups excluding carboxylic acids is 1. The van der Waals surface area contributed by atoms with Gasteiger partial charge >= 0.3 is 5.97 Å². The summed E-state index contributed by atoms with van der Waals surface area (Å²) < 4.78 is 9.87. The van der Waals surface area contributed by atoms with Gasteiger partial charge in [0.2, 0.25) is 0 Å². The van der Waals surface area contributed by atoms with Crippen LogP contribution in [0.3, 0.4) is 0 Å². The number of ether oxygens (including phenoxy) is 2. The minimum absolute atomic E-state index is 0.122. The van der Waals surface area contributed by atoms with E-state index < -0.39 is 0 Å². The van der Waals surface area contributed by atoms with Crippen LogP contribution < -0.4 is 0 Å². The number of nitrogens with zero attached hydrogens (tertiary/aromatic N) is 1. The molecule has 0 aliphatic rings. The number of hydrogen-bond donors (Lipinski definition) is 0. The third-order valence-electron chi connectivity index (χ3n) is 2.38. The Kier molecular flexibility index (Phi) is 8.33. The molecule has 0 aromatic carbocycles. The van der Waals surface area contributed by atoms with Crippen molar-refractivity contribution in [3.05, 3.63) is 0 Å². The lowest BCUT2D eigenvalue weighted by atomic mass is 10.2. The van der Waals surface area contributed by atoms with Crippen molar-refractivity contribution in [3.63, 3.8) is 0 Å². The molecule has 0 amide bonds. The molecule has 0 radical (unpaired) electrons. The Labute approximate surface area is 92.5 Å². The lowest BCUT2D eigenvalue weighted by Crippen LogP contribution is -2.32. The molecule has 90 valence electrons. The van der Waals surface area contributed by atoms with Gasteiger partial charge in [0.25, 0.3) is 0 Å². The summed E-state index contributed by atoms with van der Waals surface area (Å²) in [6.07, 6.45) is 1.44. The zero-order valence-corrected chi connectivity index (χ0v) is 10.3. The predicted molar refractivity (Wildman–Crippen MR) is 59.8 cm³/mol. The average molecular weight is 217 g/mol. The van der Waals surface area contributed by atoms with Crippen molar-refractivity contribution in [1.82, 2.24) is 4.90 Å². The lowest BCUT2D eigenvalue weighted by molar-refractivity contribution is -0.144. The molecule has 0 saturated carbocycles. The highest BCUT2D eigenvalue weighted by molar-refractivity contribution is 5.69. The molecule has 0 saturated heterocycles. The summed E-state index contributed by atoms with van der Waals surface area (Å²) in [6.45, 7) is 6.01. The normalized spacial score (nSPS) is 12.9. The third-order valence-corrected chi connectivity index (χ3v) is 2.38. The molecule has 0 spiro atoms. The van der Waals surface area contributed by atoms with Crippen molar-refractivity contribution in [3.8, 4) is 0 Å². The summed E-state index contributed by atoms with van der Waals surface area (Å²) in [7, 11) is 3.71. The van der Waals surface area contributed by atoms with Gasteiger partial charge in [-0.25, -0.2) is 0 Å². The molecule has 0 aliphatic heterocycles. The van der Waals surface area contributed by atoms with Gasteiger partial charge < -0.3 is 14.4 Å². The van der Waals surface area contributed by atoms with E-state index in [1.54, 1.807) is 7.11 Å². The molecule has 1 atom stereocenters. The first-order chi connectivity index (χ1) is 7.11. The Hall–Kier alpha value is -0.610. The first-order valence-electron chi connectivity index (χ1n) is 5.46. The smallest absolute Gasteiger partial charge is 0.307 e. The van der Waals surface area contributed by atoms with Crippen LogP contribution >= 0.6 is 0 Å². The van der Waals surface area contributed by atoms with Crippen LogP contribution in [0.2, 0.25) is 0 Å². The van der Waals surface area contributed by atoms with E-state index in [4.69, 9.17) is 9.47 Å². The first-order valence-corrected chi connectivity index (χ1v) is 5.46. The SMILES string of the molecule is CCOC(=O)CC(C)N(C)CCCOC. The minimum atomic E-state index is -0.122. The van der Waals surface area contributed by atoms with E-state index in [1.165, 1.54) is 0 Å². The van der Waals surface area contributed by atoms with Crippen molar-refractivity contribution in [2.24, 2.45) is 0 Å². The van der Waals surface area contributed by atoms with Crippen LogP contribution in [0.15, 0.2) is 0 Å². The number of esters is 1. The van der Waals surface area contributed by atoms with Gasteiger partial charge in [-0.2, -0.15) is 0 Å². The monoisotopic (exact) mass is 217 g/mol. The van der Waals surface area contributed by atoms with E-state index in [1.807, 2.05) is 20.9 Å². The van der Waals surface area contributed by atoms with Crippen LogP contribution in [0.5, 0.6) is 0 Å². The van der Waals surface area contributed by atoms with E-state index in [-0.39, 0.29) is 12.0 Å². The number of carbonyl (C=O) groups is 1. The van der Waals surface area contributed by atoms with Crippen molar-refractivity contribution in [2.75, 3.05) is 33.9 Å². The molecule has 0 rings (SSSR count). The maximum atomic E-state index is 11.2. The third kappa shape index (κ3) is 7.33. The van der Waals surface area contributed by atoms with E-state index in [2.05, 4.69) is 4.90 Å². The quantitative estimate of drug-likeness (QED) is 0.454. The number of hydrogen-bond acceptors (Lipinski definition) is 4. The molecule has 0 aromatic heterocycles. The Morgan fingerprint density at radius 3 is 2.67 bits per heavy atom. The summed E-state index contributed by atoms with van der Waals surface area (Å²) in [6, 6.07) is 0.223. The lowest BCUT2D eigenvalue weighted by Gasteiger charge is -2.23. The fourth-order valence-electron chi connectivity index (χ4n) is 1.30. The summed E-state index contributed by atoms with van der Waals surface area (Å²) in [4.78, 5) is 13.4. The molecular weight excluding hydrogens is 194 g/mol. The maximum Gasteiger partial charge on any atom is 0.307 e. The van der Waals surface area contributed by atoms with Crippen LogP contribution in [-0.4, -0.2) is 50.8 Å². The molecule has 0 bridgehead atoms. The molecule has 0 fully saturated rings. The number of rotatable bonds is 8. The Morgan fingerprint density at radius 1 is 1.47 bits per heavy atom. The fraction of sp³-hybridized carbons (Fsp3) is 0.909. The van der Waals surface area contributed by atoms with Crippen LogP contribution in [0.25, 0.3) is 0 Å². The molecule has 1 unspecified atom stereocenters. The molecular formula is C11H23NO3. The second-order valence-corrected chi connectivity index (χ2v) is 3.69. The Bertz CT molecular complexity index is 173. The van der Waals surface area contributed by atoms with Crippen LogP contribution in [0.4, 0.5) is 0 Å². The molecule has 4 nitrogen and oxygen atoms in total. The van der Waals surface area contributed by atoms with E-state index >= 15 is 0 Å². The molecule has 4 heteroatoms. The summed E-state index contributed by atoms with van der Waals surface area (Å²) >= 11 is 0. The van der Waals surface area contributed by atoms with Crippen LogP contribution in [0.1, 0.15) is 26.7 Å². The average Bonchev–Trinajstić information content (AvgIpc) is 2.18. The predicted octanol–water partition coefficient (Wildman–Crippen LogP) is 1.30. The minimum Gasteiger partial charge on any atom is -0.466 e. The Balaban J connectivity index is 3.67. The van der Waals surface area contributed by atoms with Crippen molar-refractivity contribution in [2.45, 2.75) is 32.7 Å². The van der Waals surface area contributed by atoms with Gasteiger partial charge in [-0.3, -0.25) is 4.79 Å². The van der Waals surface area contributed by atoms with Gasteiger partial charge in [-0.05, 0) is 27.3 Å². The van der Waals surface area contributed by atoms with Gasteiger partial charge in [0.15, 0.2) is 0 Å². The van der Waals surface area contributed by atoms with Crippen molar-refractivity contribution < 1.29 is 14.3 Å².